The Labute approximate surface area is 335 Å². The van der Waals surface area contributed by atoms with Crippen molar-refractivity contribution in [2.75, 3.05) is 32.8 Å². The summed E-state index contributed by atoms with van der Waals surface area (Å²) in [6.45, 7) is -1.79. The fraction of sp³-hybridized carbons (Fsp3) is 0.205. The number of nitrogens with zero attached hydrogens (tertiary/aromatic N) is 2. The van der Waals surface area contributed by atoms with Crippen molar-refractivity contribution in [2.45, 2.75) is 35.4 Å². The topological polar surface area (TPSA) is 127 Å². The summed E-state index contributed by atoms with van der Waals surface area (Å²) in [5.74, 6) is 1.07. The molecule has 1 aliphatic rings. The molecule has 6 aromatic rings. The highest BCUT2D eigenvalue weighted by atomic mass is 32.7. The molecule has 1 fully saturated rings. The minimum atomic E-state index is -3.34. The highest BCUT2D eigenvalue weighted by Crippen LogP contribution is 2.61. The number of hydrogen-bond donors (Lipinski definition) is 1. The van der Waals surface area contributed by atoms with Crippen LogP contribution in [-0.2, 0) is 24.2 Å². The first kappa shape index (κ1) is 39.7. The zero-order valence-electron chi connectivity index (χ0n) is 31.6. The Kier molecular flexibility index (Phi) is 12.4. The van der Waals surface area contributed by atoms with E-state index in [4.69, 9.17) is 23.5 Å². The molecule has 0 saturated carbocycles. The number of ether oxygens (including phenoxy) is 4. The number of anilines is 1. The van der Waals surface area contributed by atoms with Crippen LogP contribution in [0.3, 0.4) is 0 Å². The number of methoxy groups -OCH3 is 2. The van der Waals surface area contributed by atoms with E-state index in [0.29, 0.717) is 17.1 Å². The van der Waals surface area contributed by atoms with Gasteiger partial charge in [0.15, 0.2) is 0 Å². The lowest BCUT2D eigenvalue weighted by atomic mass is 9.80. The van der Waals surface area contributed by atoms with Gasteiger partial charge in [-0.3, -0.25) is 13.9 Å². The Bertz CT molecular complexity index is 2320. The molecular formula is C44H42N3O8PS. The van der Waals surface area contributed by atoms with Crippen molar-refractivity contribution in [3.05, 3.63) is 185 Å². The predicted molar refractivity (Wildman–Crippen MR) is 220 cm³/mol. The van der Waals surface area contributed by atoms with Crippen LogP contribution in [0.4, 0.5) is 5.82 Å². The maximum absolute atomic E-state index is 14.1. The maximum Gasteiger partial charge on any atom is 0.351 e. The normalized spacial score (nSPS) is 17.7. The lowest BCUT2D eigenvalue weighted by Gasteiger charge is -2.37. The molecule has 1 aromatic heterocycles. The van der Waals surface area contributed by atoms with Gasteiger partial charge in [0, 0.05) is 29.7 Å². The van der Waals surface area contributed by atoms with E-state index in [1.807, 2.05) is 115 Å². The minimum Gasteiger partial charge on any atom is -0.497 e. The number of carbonyl (C=O) groups is 1. The first-order valence-corrected chi connectivity index (χ1v) is 21.8. The third-order valence-corrected chi connectivity index (χ3v) is 12.9. The van der Waals surface area contributed by atoms with Crippen molar-refractivity contribution in [3.63, 3.8) is 0 Å². The smallest absolute Gasteiger partial charge is 0.351 e. The number of amides is 1. The molecule has 13 heteroatoms. The minimum absolute atomic E-state index is 0.0302. The molecule has 1 amide bonds. The van der Waals surface area contributed by atoms with Gasteiger partial charge in [0.2, 0.25) is 0 Å². The van der Waals surface area contributed by atoms with E-state index >= 15 is 0 Å². The molecule has 0 unspecified atom stereocenters. The number of nitrogens with one attached hydrogen (secondary N) is 1. The molecule has 57 heavy (non-hydrogen) atoms. The lowest BCUT2D eigenvalue weighted by Crippen LogP contribution is -2.38. The Morgan fingerprint density at radius 1 is 0.807 bits per heavy atom. The third-order valence-electron chi connectivity index (χ3n) is 9.58. The number of aromatic nitrogens is 2. The molecule has 1 N–H and O–H groups in total. The Hall–Kier alpha value is -5.49. The second-order valence-corrected chi connectivity index (χ2v) is 18.3. The van der Waals surface area contributed by atoms with E-state index in [0.717, 1.165) is 33.0 Å². The average molecular weight is 804 g/mol. The van der Waals surface area contributed by atoms with Crippen LogP contribution < -0.4 is 20.5 Å². The summed E-state index contributed by atoms with van der Waals surface area (Å²) >= 11 is 1.15. The van der Waals surface area contributed by atoms with Crippen LogP contribution in [0.15, 0.2) is 161 Å². The van der Waals surface area contributed by atoms with Crippen molar-refractivity contribution in [1.29, 1.82) is 0 Å². The fourth-order valence-electron chi connectivity index (χ4n) is 6.83. The van der Waals surface area contributed by atoms with Crippen LogP contribution in [0, 0.1) is 0 Å². The number of rotatable bonds is 15. The summed E-state index contributed by atoms with van der Waals surface area (Å²) in [5, 5.41) is 2.68. The van der Waals surface area contributed by atoms with E-state index in [1.54, 1.807) is 45.1 Å². The van der Waals surface area contributed by atoms with Gasteiger partial charge in [-0.2, -0.15) is 4.98 Å². The second kappa shape index (κ2) is 17.8. The third kappa shape index (κ3) is 9.23. The van der Waals surface area contributed by atoms with Gasteiger partial charge in [0.25, 0.3) is 12.5 Å². The largest absolute Gasteiger partial charge is 0.497 e. The highest BCUT2D eigenvalue weighted by Gasteiger charge is 2.44. The highest BCUT2D eigenvalue weighted by molar-refractivity contribution is 8.56. The SMILES string of the molecule is COc1ccc(C(OC[C@H]2O[C@@H](n3ccc(NC(=O)c4ccccc4)nc3=O)C[C@@H]2O[P@@](C)(=O)Sc2ccccc2)(c2ccccc2)c2ccc(OC)cc2)cc1. The Morgan fingerprint density at radius 2 is 1.35 bits per heavy atom. The molecule has 7 rings (SSSR count). The second-order valence-electron chi connectivity index (χ2n) is 13.3. The zero-order valence-corrected chi connectivity index (χ0v) is 33.3. The van der Waals surface area contributed by atoms with Crippen molar-refractivity contribution in [1.82, 2.24) is 9.55 Å². The fourth-order valence-corrected chi connectivity index (χ4v) is 10.2. The predicted octanol–water partition coefficient (Wildman–Crippen LogP) is 8.81. The van der Waals surface area contributed by atoms with E-state index in [2.05, 4.69) is 10.3 Å². The van der Waals surface area contributed by atoms with Gasteiger partial charge in [-0.1, -0.05) is 91.0 Å². The van der Waals surface area contributed by atoms with Crippen molar-refractivity contribution < 1.29 is 32.8 Å². The average Bonchev–Trinajstić information content (AvgIpc) is 3.63. The van der Waals surface area contributed by atoms with Crippen LogP contribution in [-0.4, -0.2) is 55.2 Å². The van der Waals surface area contributed by atoms with E-state index in [-0.39, 0.29) is 18.8 Å². The molecule has 1 saturated heterocycles. The first-order chi connectivity index (χ1) is 27.7. The lowest BCUT2D eigenvalue weighted by molar-refractivity contribution is -0.0911. The summed E-state index contributed by atoms with van der Waals surface area (Å²) in [5.41, 5.74) is 1.11. The van der Waals surface area contributed by atoms with E-state index in [1.165, 1.54) is 16.8 Å². The van der Waals surface area contributed by atoms with Crippen LogP contribution in [0.1, 0.15) is 39.7 Å². The van der Waals surface area contributed by atoms with Crippen LogP contribution >= 0.6 is 18.0 Å². The number of carbonyl (C=O) groups excluding carboxylic acids is 1. The molecule has 11 nitrogen and oxygen atoms in total. The summed E-state index contributed by atoms with van der Waals surface area (Å²) in [6.07, 6.45) is -0.705. The monoisotopic (exact) mass is 803 g/mol. The summed E-state index contributed by atoms with van der Waals surface area (Å²) < 4.78 is 46.7. The van der Waals surface area contributed by atoms with E-state index < -0.39 is 42.2 Å². The zero-order chi connectivity index (χ0) is 39.8. The van der Waals surface area contributed by atoms with Gasteiger partial charge in [-0.25, -0.2) is 4.79 Å². The molecule has 1 aliphatic heterocycles. The molecule has 0 aliphatic carbocycles. The molecule has 4 atom stereocenters. The van der Waals surface area contributed by atoms with Gasteiger partial charge in [0.05, 0.1) is 26.9 Å². The first-order valence-electron chi connectivity index (χ1n) is 18.3. The molecule has 5 aromatic carbocycles. The Morgan fingerprint density at radius 3 is 1.91 bits per heavy atom. The van der Waals surface area contributed by atoms with Gasteiger partial charge in [-0.05, 0) is 82.7 Å². The summed E-state index contributed by atoms with van der Waals surface area (Å²) in [7, 11) is 3.23. The van der Waals surface area contributed by atoms with Crippen LogP contribution in [0.25, 0.3) is 0 Å². The van der Waals surface area contributed by atoms with Crippen molar-refractivity contribution in [2.24, 2.45) is 0 Å². The number of benzene rings is 5. The molecular weight excluding hydrogens is 762 g/mol. The van der Waals surface area contributed by atoms with Gasteiger partial charge in [0.1, 0.15) is 35.2 Å². The van der Waals surface area contributed by atoms with Crippen molar-refractivity contribution in [3.8, 4) is 11.5 Å². The molecule has 0 spiro atoms. The maximum atomic E-state index is 14.1. The molecule has 0 bridgehead atoms. The summed E-state index contributed by atoms with van der Waals surface area (Å²) in [4.78, 5) is 31.2. The summed E-state index contributed by atoms with van der Waals surface area (Å²) in [6, 6.07) is 44.8. The Balaban J connectivity index is 1.23. The molecule has 292 valence electrons. The number of hydrogen-bond acceptors (Lipinski definition) is 10. The van der Waals surface area contributed by atoms with Gasteiger partial charge >= 0.3 is 5.69 Å². The standard InChI is InChI=1S/C44H42N3O8PS/c1-51-35-23-19-33(20-24-35)44(32-15-9-5-10-16-32,34-21-25-36(52-2)26-22-34)53-30-39-38(55-56(3,50)57-37-17-11-6-12-18-37)29-41(54-39)47-28-27-40(46-43(47)49)45-42(48)31-13-7-4-8-14-31/h4-28,38-39,41H,29-30H2,1-3H3,(H,45,46,48,49)/t38-,39+,41+,56+/m0/s1. The molecule has 0 radical (unpaired) electrons. The quantitative estimate of drug-likeness (QED) is 0.0795. The van der Waals surface area contributed by atoms with Gasteiger partial charge in [-0.15, -0.1) is 0 Å². The van der Waals surface area contributed by atoms with Crippen LogP contribution in [0.2, 0.25) is 0 Å². The molecule has 2 heterocycles. The van der Waals surface area contributed by atoms with Crippen molar-refractivity contribution >= 4 is 29.7 Å². The van der Waals surface area contributed by atoms with Crippen LogP contribution in [0.5, 0.6) is 11.5 Å². The van der Waals surface area contributed by atoms with Gasteiger partial charge < -0.3 is 28.8 Å². The van der Waals surface area contributed by atoms with E-state index in [9.17, 15) is 14.2 Å².